The summed E-state index contributed by atoms with van der Waals surface area (Å²) in [6.07, 6.45) is 5.64. The number of hydrogen-bond donors (Lipinski definition) is 2. The zero-order valence-corrected chi connectivity index (χ0v) is 14.1. The van der Waals surface area contributed by atoms with Gasteiger partial charge in [0.2, 0.25) is 0 Å². The van der Waals surface area contributed by atoms with Gasteiger partial charge in [0.05, 0.1) is 17.9 Å². The molecule has 0 fully saturated rings. The topological polar surface area (TPSA) is 102 Å². The molecule has 7 nitrogen and oxygen atoms in total. The molecular weight excluding hydrogens is 318 g/mol. The van der Waals surface area contributed by atoms with Crippen molar-refractivity contribution in [2.45, 2.75) is 32.2 Å². The standard InChI is InChI=1S/C18H21N5O2/c1-2-13-9-20-10-16(21-13)17(24)22-14-6-3-12(4-7-14)5-8-15-11-25-18(19)23-15/h3-4,6-7,9-10,15H,2,5,8,11H2,1H3,(H2,19,23)(H,22,24)/t15-/m0/s1. The van der Waals surface area contributed by atoms with Crippen LogP contribution in [-0.2, 0) is 17.6 Å². The SMILES string of the molecule is CCc1cncc(C(=O)Nc2ccc(CC[C@H]3COC(N)=N3)cc2)n1. The average Bonchev–Trinajstić information content (AvgIpc) is 3.06. The first-order valence-corrected chi connectivity index (χ1v) is 8.31. The number of hydrogen-bond acceptors (Lipinski definition) is 6. The summed E-state index contributed by atoms with van der Waals surface area (Å²) in [6, 6.07) is 8.15. The second-order valence-corrected chi connectivity index (χ2v) is 5.87. The average molecular weight is 339 g/mol. The zero-order valence-electron chi connectivity index (χ0n) is 14.1. The number of aromatic nitrogens is 2. The number of carbonyl (C=O) groups is 1. The fourth-order valence-corrected chi connectivity index (χ4v) is 2.55. The molecule has 0 radical (unpaired) electrons. The summed E-state index contributed by atoms with van der Waals surface area (Å²) in [5.74, 6) is -0.261. The second kappa shape index (κ2) is 7.74. The molecule has 1 amide bonds. The number of aryl methyl sites for hydroxylation is 2. The van der Waals surface area contributed by atoms with Crippen LogP contribution in [0.3, 0.4) is 0 Å². The van der Waals surface area contributed by atoms with Gasteiger partial charge < -0.3 is 15.8 Å². The first-order valence-electron chi connectivity index (χ1n) is 8.31. The van der Waals surface area contributed by atoms with Crippen molar-refractivity contribution in [2.75, 3.05) is 11.9 Å². The highest BCUT2D eigenvalue weighted by Gasteiger charge is 2.16. The molecule has 0 unspecified atom stereocenters. The molecular formula is C18H21N5O2. The van der Waals surface area contributed by atoms with Gasteiger partial charge >= 0.3 is 0 Å². The van der Waals surface area contributed by atoms with Crippen LogP contribution in [-0.4, -0.2) is 34.5 Å². The molecule has 1 aliphatic rings. The molecule has 1 aromatic heterocycles. The molecule has 0 saturated carbocycles. The predicted molar refractivity (Wildman–Crippen MR) is 95.5 cm³/mol. The molecule has 130 valence electrons. The van der Waals surface area contributed by atoms with Crippen molar-refractivity contribution in [1.29, 1.82) is 0 Å². The smallest absolute Gasteiger partial charge is 0.282 e. The van der Waals surface area contributed by atoms with E-state index in [2.05, 4.69) is 20.3 Å². The molecule has 3 N–H and O–H groups in total. The Balaban J connectivity index is 1.55. The molecule has 3 rings (SSSR count). The van der Waals surface area contributed by atoms with Gasteiger partial charge in [-0.25, -0.2) is 9.98 Å². The van der Waals surface area contributed by atoms with E-state index < -0.39 is 0 Å². The number of aliphatic imine (C=N–C) groups is 1. The minimum absolute atomic E-state index is 0.129. The normalized spacial score (nSPS) is 16.2. The van der Waals surface area contributed by atoms with Crippen LogP contribution >= 0.6 is 0 Å². The molecule has 0 spiro atoms. The number of rotatable bonds is 6. The number of nitrogens with one attached hydrogen (secondary N) is 1. The summed E-state index contributed by atoms with van der Waals surface area (Å²) in [4.78, 5) is 24.8. The van der Waals surface area contributed by atoms with Crippen LogP contribution in [0.2, 0.25) is 0 Å². The van der Waals surface area contributed by atoms with Crippen LogP contribution < -0.4 is 11.1 Å². The Morgan fingerprint density at radius 2 is 2.12 bits per heavy atom. The van der Waals surface area contributed by atoms with E-state index >= 15 is 0 Å². The Hall–Kier alpha value is -2.96. The second-order valence-electron chi connectivity index (χ2n) is 5.87. The van der Waals surface area contributed by atoms with E-state index in [1.54, 1.807) is 6.20 Å². The molecule has 0 aliphatic carbocycles. The highest BCUT2D eigenvalue weighted by Crippen LogP contribution is 2.15. The third-order valence-corrected chi connectivity index (χ3v) is 3.99. The van der Waals surface area contributed by atoms with Crippen molar-refractivity contribution in [2.24, 2.45) is 10.7 Å². The predicted octanol–water partition coefficient (Wildman–Crippen LogP) is 1.94. The Morgan fingerprint density at radius 1 is 1.32 bits per heavy atom. The number of ether oxygens (including phenoxy) is 1. The molecule has 2 aromatic rings. The van der Waals surface area contributed by atoms with Crippen molar-refractivity contribution in [3.8, 4) is 0 Å². The zero-order chi connectivity index (χ0) is 17.6. The van der Waals surface area contributed by atoms with Crippen LogP contribution in [0, 0.1) is 0 Å². The van der Waals surface area contributed by atoms with Gasteiger partial charge in [-0.05, 0) is 37.0 Å². The van der Waals surface area contributed by atoms with Gasteiger partial charge in [0.25, 0.3) is 11.9 Å². The Kier molecular flexibility index (Phi) is 5.23. The Bertz CT molecular complexity index is 773. The van der Waals surface area contributed by atoms with Crippen LogP contribution in [0.15, 0.2) is 41.7 Å². The largest absolute Gasteiger partial charge is 0.463 e. The van der Waals surface area contributed by atoms with Gasteiger partial charge in [0.15, 0.2) is 0 Å². The lowest BCUT2D eigenvalue weighted by molar-refractivity contribution is 0.102. The highest BCUT2D eigenvalue weighted by molar-refractivity contribution is 6.02. The first-order chi connectivity index (χ1) is 12.1. The van der Waals surface area contributed by atoms with Crippen LogP contribution in [0.4, 0.5) is 5.69 Å². The van der Waals surface area contributed by atoms with Gasteiger partial charge in [0.1, 0.15) is 12.3 Å². The summed E-state index contributed by atoms with van der Waals surface area (Å²) in [6.45, 7) is 2.53. The highest BCUT2D eigenvalue weighted by atomic mass is 16.5. The van der Waals surface area contributed by atoms with Gasteiger partial charge in [-0.2, -0.15) is 0 Å². The Labute approximate surface area is 146 Å². The number of carbonyl (C=O) groups excluding carboxylic acids is 1. The molecule has 1 atom stereocenters. The van der Waals surface area contributed by atoms with E-state index in [0.29, 0.717) is 12.3 Å². The lowest BCUT2D eigenvalue weighted by Crippen LogP contribution is -2.15. The molecule has 0 saturated heterocycles. The van der Waals surface area contributed by atoms with Crippen LogP contribution in [0.5, 0.6) is 0 Å². The fourth-order valence-electron chi connectivity index (χ4n) is 2.55. The quantitative estimate of drug-likeness (QED) is 0.837. The van der Waals surface area contributed by atoms with Crippen LogP contribution in [0.1, 0.15) is 35.1 Å². The van der Waals surface area contributed by atoms with E-state index in [0.717, 1.165) is 30.6 Å². The van der Waals surface area contributed by atoms with Crippen molar-refractivity contribution >= 4 is 17.6 Å². The van der Waals surface area contributed by atoms with E-state index in [-0.39, 0.29) is 18.0 Å². The minimum Gasteiger partial charge on any atom is -0.463 e. The molecule has 0 bridgehead atoms. The van der Waals surface area contributed by atoms with Crippen molar-refractivity contribution in [3.05, 3.63) is 53.6 Å². The first kappa shape index (κ1) is 16.9. The third-order valence-electron chi connectivity index (χ3n) is 3.99. The summed E-state index contributed by atoms with van der Waals surface area (Å²) in [5.41, 5.74) is 8.52. The van der Waals surface area contributed by atoms with Crippen molar-refractivity contribution in [3.63, 3.8) is 0 Å². The lowest BCUT2D eigenvalue weighted by Gasteiger charge is -2.08. The fraction of sp³-hybridized carbons (Fsp3) is 0.333. The number of nitrogens with two attached hydrogens (primary N) is 1. The van der Waals surface area contributed by atoms with Crippen LogP contribution in [0.25, 0.3) is 0 Å². The summed E-state index contributed by atoms with van der Waals surface area (Å²) >= 11 is 0. The maximum Gasteiger partial charge on any atom is 0.282 e. The molecule has 7 heteroatoms. The molecule has 25 heavy (non-hydrogen) atoms. The maximum atomic E-state index is 12.2. The number of amides is 1. The number of amidine groups is 1. The maximum absolute atomic E-state index is 12.2. The van der Waals surface area contributed by atoms with Gasteiger partial charge in [0, 0.05) is 11.9 Å². The van der Waals surface area contributed by atoms with Crippen molar-refractivity contribution < 1.29 is 9.53 Å². The third kappa shape index (κ3) is 4.53. The van der Waals surface area contributed by atoms with E-state index in [9.17, 15) is 4.79 Å². The van der Waals surface area contributed by atoms with E-state index in [4.69, 9.17) is 10.5 Å². The molecule has 1 aromatic carbocycles. The summed E-state index contributed by atoms with van der Waals surface area (Å²) in [5, 5.41) is 2.84. The van der Waals surface area contributed by atoms with Gasteiger partial charge in [-0.15, -0.1) is 0 Å². The van der Waals surface area contributed by atoms with Crippen molar-refractivity contribution in [1.82, 2.24) is 9.97 Å². The number of benzene rings is 1. The summed E-state index contributed by atoms with van der Waals surface area (Å²) < 4.78 is 5.14. The van der Waals surface area contributed by atoms with Gasteiger partial charge in [-0.1, -0.05) is 19.1 Å². The summed E-state index contributed by atoms with van der Waals surface area (Å²) in [7, 11) is 0. The van der Waals surface area contributed by atoms with E-state index in [1.807, 2.05) is 31.2 Å². The molecule has 2 heterocycles. The van der Waals surface area contributed by atoms with E-state index in [1.165, 1.54) is 11.8 Å². The monoisotopic (exact) mass is 339 g/mol. The number of anilines is 1. The number of nitrogens with zero attached hydrogens (tertiary/aromatic N) is 3. The van der Waals surface area contributed by atoms with Gasteiger partial charge in [-0.3, -0.25) is 9.78 Å². The molecule has 1 aliphatic heterocycles. The Morgan fingerprint density at radius 3 is 2.80 bits per heavy atom. The minimum atomic E-state index is -0.261. The lowest BCUT2D eigenvalue weighted by atomic mass is 10.1.